The molecule has 3 rings (SSSR count). The van der Waals surface area contributed by atoms with Crippen LogP contribution in [0.25, 0.3) is 0 Å². The molecule has 0 radical (unpaired) electrons. The van der Waals surface area contributed by atoms with Crippen LogP contribution in [0.2, 0.25) is 10.4 Å². The van der Waals surface area contributed by atoms with E-state index in [9.17, 15) is 4.79 Å². The number of anilines is 1. The zero-order valence-electron chi connectivity index (χ0n) is 11.8. The number of piperidine rings is 1. The van der Waals surface area contributed by atoms with Gasteiger partial charge in [0.25, 0.3) is 0 Å². The van der Waals surface area contributed by atoms with Gasteiger partial charge in [0.1, 0.15) is 11.0 Å². The molecule has 0 bridgehead atoms. The lowest BCUT2D eigenvalue weighted by Gasteiger charge is -2.34. The maximum absolute atomic E-state index is 11.7. The van der Waals surface area contributed by atoms with Gasteiger partial charge in [0.05, 0.1) is 0 Å². The molecule has 1 amide bonds. The summed E-state index contributed by atoms with van der Waals surface area (Å²) in [7, 11) is 0. The van der Waals surface area contributed by atoms with E-state index in [1.54, 1.807) is 6.07 Å². The van der Waals surface area contributed by atoms with Crippen LogP contribution in [0.5, 0.6) is 0 Å². The number of amides is 1. The second-order valence-corrected chi connectivity index (χ2v) is 6.42. The lowest BCUT2D eigenvalue weighted by Crippen LogP contribution is -2.39. The van der Waals surface area contributed by atoms with Gasteiger partial charge in [-0.2, -0.15) is 0 Å². The van der Waals surface area contributed by atoms with Crippen molar-refractivity contribution >= 4 is 34.9 Å². The average molecular weight is 329 g/mol. The van der Waals surface area contributed by atoms with Crippen molar-refractivity contribution in [3.63, 3.8) is 0 Å². The molecule has 0 atom stereocenters. The molecule has 0 aromatic carbocycles. The third-order valence-corrected chi connectivity index (χ3v) is 4.61. The van der Waals surface area contributed by atoms with Gasteiger partial charge in [-0.05, 0) is 36.8 Å². The highest BCUT2D eigenvalue weighted by Gasteiger charge is 2.26. The van der Waals surface area contributed by atoms with E-state index in [-0.39, 0.29) is 5.28 Å². The average Bonchev–Trinajstić information content (AvgIpc) is 2.84. The number of rotatable bonds is 3. The van der Waals surface area contributed by atoms with E-state index >= 15 is 0 Å². The molecule has 114 valence electrons. The molecule has 1 aromatic rings. The molecule has 0 saturated carbocycles. The Bertz CT molecular complexity index is 511. The number of nitrogens with zero attached hydrogens (tertiary/aromatic N) is 4. The quantitative estimate of drug-likeness (QED) is 0.632. The summed E-state index contributed by atoms with van der Waals surface area (Å²) in [5, 5.41) is 0.553. The second-order valence-electron chi connectivity index (χ2n) is 5.69. The Kier molecular flexibility index (Phi) is 4.50. The van der Waals surface area contributed by atoms with Crippen molar-refractivity contribution in [1.29, 1.82) is 0 Å². The third-order valence-electron chi connectivity index (χ3n) is 4.24. The van der Waals surface area contributed by atoms with Crippen LogP contribution in [-0.4, -0.2) is 47.0 Å². The summed E-state index contributed by atoms with van der Waals surface area (Å²) >= 11 is 11.8. The number of halogens is 2. The van der Waals surface area contributed by atoms with Crippen molar-refractivity contribution < 1.29 is 4.79 Å². The van der Waals surface area contributed by atoms with Crippen LogP contribution in [0, 0.1) is 5.92 Å². The molecule has 21 heavy (non-hydrogen) atoms. The Morgan fingerprint density at radius 2 is 1.95 bits per heavy atom. The van der Waals surface area contributed by atoms with Gasteiger partial charge in [-0.3, -0.25) is 4.79 Å². The largest absolute Gasteiger partial charge is 0.356 e. The molecule has 2 saturated heterocycles. The number of hydrogen-bond acceptors (Lipinski definition) is 4. The van der Waals surface area contributed by atoms with Crippen LogP contribution < -0.4 is 4.90 Å². The van der Waals surface area contributed by atoms with Crippen molar-refractivity contribution in [3.05, 3.63) is 16.5 Å². The van der Waals surface area contributed by atoms with E-state index in [4.69, 9.17) is 23.2 Å². The van der Waals surface area contributed by atoms with E-state index in [0.29, 0.717) is 17.0 Å². The lowest BCUT2D eigenvalue weighted by atomic mass is 9.96. The van der Waals surface area contributed by atoms with Crippen LogP contribution in [0.15, 0.2) is 6.07 Å². The maximum Gasteiger partial charge on any atom is 0.225 e. The van der Waals surface area contributed by atoms with Crippen LogP contribution in [-0.2, 0) is 4.79 Å². The summed E-state index contributed by atoms with van der Waals surface area (Å²) in [5.41, 5.74) is 0. The SMILES string of the molecule is O=C1CCCN1CC1CCN(c2cc(Cl)nc(Cl)n2)CC1. The van der Waals surface area contributed by atoms with Crippen molar-refractivity contribution in [2.45, 2.75) is 25.7 Å². The second kappa shape index (κ2) is 6.36. The molecule has 0 spiro atoms. The Hall–Kier alpha value is -1.07. The Labute approximate surface area is 134 Å². The standard InChI is InChI=1S/C14H18Cl2N4O/c15-11-8-12(18-14(16)17-11)19-6-3-10(4-7-19)9-20-5-1-2-13(20)21/h8,10H,1-7,9H2. The summed E-state index contributed by atoms with van der Waals surface area (Å²) in [4.78, 5) is 24.0. The predicted octanol–water partition coefficient (Wildman–Crippen LogP) is 2.62. The first-order valence-corrected chi connectivity index (χ1v) is 8.10. The van der Waals surface area contributed by atoms with Gasteiger partial charge in [0, 0.05) is 38.7 Å². The molecular formula is C14H18Cl2N4O. The van der Waals surface area contributed by atoms with Crippen molar-refractivity contribution in [2.24, 2.45) is 5.92 Å². The Balaban J connectivity index is 1.56. The van der Waals surface area contributed by atoms with E-state index in [1.165, 1.54) is 0 Å². The van der Waals surface area contributed by atoms with Crippen LogP contribution in [0.4, 0.5) is 5.82 Å². The fourth-order valence-corrected chi connectivity index (χ4v) is 3.49. The van der Waals surface area contributed by atoms with Crippen molar-refractivity contribution in [1.82, 2.24) is 14.9 Å². The van der Waals surface area contributed by atoms with Crippen LogP contribution >= 0.6 is 23.2 Å². The maximum atomic E-state index is 11.7. The van der Waals surface area contributed by atoms with E-state index in [0.717, 1.165) is 57.7 Å². The zero-order valence-corrected chi connectivity index (χ0v) is 13.3. The summed E-state index contributed by atoms with van der Waals surface area (Å²) in [6, 6.07) is 1.75. The number of carbonyl (C=O) groups excluding carboxylic acids is 1. The van der Waals surface area contributed by atoms with Gasteiger partial charge in [0.2, 0.25) is 11.2 Å². The normalized spacial score (nSPS) is 20.4. The lowest BCUT2D eigenvalue weighted by molar-refractivity contribution is -0.128. The number of carbonyl (C=O) groups is 1. The highest BCUT2D eigenvalue weighted by atomic mass is 35.5. The summed E-state index contributed by atoms with van der Waals surface area (Å²) in [6.07, 6.45) is 3.85. The minimum Gasteiger partial charge on any atom is -0.356 e. The van der Waals surface area contributed by atoms with Gasteiger partial charge < -0.3 is 9.80 Å². The highest BCUT2D eigenvalue weighted by molar-refractivity contribution is 6.32. The van der Waals surface area contributed by atoms with Gasteiger partial charge in [-0.1, -0.05) is 11.6 Å². The molecule has 7 heteroatoms. The first kappa shape index (κ1) is 14.9. The van der Waals surface area contributed by atoms with Crippen LogP contribution in [0.3, 0.4) is 0 Å². The third kappa shape index (κ3) is 3.58. The molecule has 5 nitrogen and oxygen atoms in total. The molecule has 2 fully saturated rings. The molecule has 2 aliphatic heterocycles. The number of hydrogen-bond donors (Lipinski definition) is 0. The molecular weight excluding hydrogens is 311 g/mol. The summed E-state index contributed by atoms with van der Waals surface area (Å²) < 4.78 is 0. The van der Waals surface area contributed by atoms with Crippen molar-refractivity contribution in [3.8, 4) is 0 Å². The molecule has 0 N–H and O–H groups in total. The monoisotopic (exact) mass is 328 g/mol. The first-order chi connectivity index (χ1) is 10.1. The van der Waals surface area contributed by atoms with Gasteiger partial charge in [-0.25, -0.2) is 9.97 Å². The fraction of sp³-hybridized carbons (Fsp3) is 0.643. The minimum atomic E-state index is 0.183. The van der Waals surface area contributed by atoms with E-state index < -0.39 is 0 Å². The first-order valence-electron chi connectivity index (χ1n) is 7.34. The molecule has 0 unspecified atom stereocenters. The van der Waals surface area contributed by atoms with Gasteiger partial charge in [-0.15, -0.1) is 0 Å². The molecule has 3 heterocycles. The fourth-order valence-electron chi connectivity index (χ4n) is 3.09. The Morgan fingerprint density at radius 3 is 2.57 bits per heavy atom. The van der Waals surface area contributed by atoms with Crippen molar-refractivity contribution in [2.75, 3.05) is 31.1 Å². The number of aromatic nitrogens is 2. The molecule has 1 aromatic heterocycles. The van der Waals surface area contributed by atoms with Gasteiger partial charge in [0.15, 0.2) is 0 Å². The zero-order chi connectivity index (χ0) is 14.8. The Morgan fingerprint density at radius 1 is 1.19 bits per heavy atom. The van der Waals surface area contributed by atoms with E-state index in [2.05, 4.69) is 14.9 Å². The molecule has 0 aliphatic carbocycles. The smallest absolute Gasteiger partial charge is 0.225 e. The number of likely N-dealkylation sites (tertiary alicyclic amines) is 1. The molecule has 2 aliphatic rings. The topological polar surface area (TPSA) is 49.3 Å². The van der Waals surface area contributed by atoms with Gasteiger partial charge >= 0.3 is 0 Å². The van der Waals surface area contributed by atoms with Crippen LogP contribution in [0.1, 0.15) is 25.7 Å². The predicted molar refractivity (Wildman–Crippen MR) is 82.8 cm³/mol. The summed E-state index contributed by atoms with van der Waals surface area (Å²) in [6.45, 7) is 3.65. The summed E-state index contributed by atoms with van der Waals surface area (Å²) in [5.74, 6) is 1.68. The van der Waals surface area contributed by atoms with E-state index in [1.807, 2.05) is 4.90 Å². The minimum absolute atomic E-state index is 0.183. The highest BCUT2D eigenvalue weighted by Crippen LogP contribution is 2.26.